The number of amides is 2. The highest BCUT2D eigenvalue weighted by atomic mass is 32.2. The van der Waals surface area contributed by atoms with Gasteiger partial charge < -0.3 is 15.1 Å². The molecule has 0 saturated heterocycles. The number of nitrogens with one attached hydrogen (secondary N) is 2. The molecule has 0 aliphatic heterocycles. The molecule has 0 saturated carbocycles. The van der Waals surface area contributed by atoms with Crippen molar-refractivity contribution in [2.75, 3.05) is 6.54 Å². The Morgan fingerprint density at radius 3 is 2.64 bits per heavy atom. The van der Waals surface area contributed by atoms with E-state index in [4.69, 9.17) is 4.42 Å². The number of carbonyl (C=O) groups excluding carboxylic acids is 2. The highest BCUT2D eigenvalue weighted by Gasteiger charge is 2.14. The molecule has 2 amide bonds. The lowest BCUT2D eigenvalue weighted by Gasteiger charge is -2.09. The van der Waals surface area contributed by atoms with E-state index >= 15 is 0 Å². The molecular formula is C20H18FN3O3S. The van der Waals surface area contributed by atoms with Crippen molar-refractivity contribution in [2.45, 2.75) is 17.3 Å². The van der Waals surface area contributed by atoms with Crippen LogP contribution in [0.5, 0.6) is 0 Å². The zero-order valence-electron chi connectivity index (χ0n) is 14.9. The number of aromatic nitrogens is 1. The van der Waals surface area contributed by atoms with Crippen LogP contribution in [0, 0.1) is 5.82 Å². The number of pyridine rings is 1. The zero-order valence-corrected chi connectivity index (χ0v) is 15.7. The number of halogens is 1. The molecule has 0 spiro atoms. The second-order valence-corrected chi connectivity index (χ2v) is 6.77. The van der Waals surface area contributed by atoms with Crippen LogP contribution in [0.25, 0.3) is 0 Å². The van der Waals surface area contributed by atoms with Crippen molar-refractivity contribution in [1.82, 2.24) is 15.6 Å². The van der Waals surface area contributed by atoms with Gasteiger partial charge in [-0.1, -0.05) is 12.1 Å². The second kappa shape index (κ2) is 9.70. The Hall–Kier alpha value is -3.13. The van der Waals surface area contributed by atoms with Crippen molar-refractivity contribution in [2.24, 2.45) is 0 Å². The Labute approximate surface area is 165 Å². The Kier molecular flexibility index (Phi) is 6.80. The summed E-state index contributed by atoms with van der Waals surface area (Å²) in [5, 5.41) is 5.79. The smallest absolute Gasteiger partial charge is 0.254 e. The minimum atomic E-state index is -0.386. The van der Waals surface area contributed by atoms with Gasteiger partial charge in [0, 0.05) is 11.9 Å². The van der Waals surface area contributed by atoms with Gasteiger partial charge in [-0.05, 0) is 42.0 Å². The highest BCUT2D eigenvalue weighted by molar-refractivity contribution is 7.98. The lowest BCUT2D eigenvalue weighted by Crippen LogP contribution is -2.36. The van der Waals surface area contributed by atoms with Gasteiger partial charge in [0.25, 0.3) is 5.91 Å². The van der Waals surface area contributed by atoms with E-state index in [9.17, 15) is 14.0 Å². The summed E-state index contributed by atoms with van der Waals surface area (Å²) in [5.74, 6) is 0.168. The van der Waals surface area contributed by atoms with Crippen molar-refractivity contribution >= 4 is 23.6 Å². The van der Waals surface area contributed by atoms with Crippen molar-refractivity contribution in [3.63, 3.8) is 0 Å². The minimum Gasteiger partial charge on any atom is -0.467 e. The summed E-state index contributed by atoms with van der Waals surface area (Å²) in [4.78, 5) is 28.6. The first-order valence-corrected chi connectivity index (χ1v) is 9.50. The fourth-order valence-electron chi connectivity index (χ4n) is 2.33. The summed E-state index contributed by atoms with van der Waals surface area (Å²) in [6, 6.07) is 13.0. The van der Waals surface area contributed by atoms with Crippen LogP contribution < -0.4 is 10.6 Å². The molecular weight excluding hydrogens is 381 g/mol. The summed E-state index contributed by atoms with van der Waals surface area (Å²) in [6.07, 6.45) is 3.12. The SMILES string of the molecule is O=C(CNC(=O)c1cccnc1SCc1ccc(F)cc1)NCc1ccco1. The fraction of sp³-hybridized carbons (Fsp3) is 0.150. The number of carbonyl (C=O) groups is 2. The Bertz CT molecular complexity index is 930. The first kappa shape index (κ1) is 19.6. The van der Waals surface area contributed by atoms with Crippen LogP contribution in [-0.2, 0) is 17.1 Å². The lowest BCUT2D eigenvalue weighted by atomic mass is 10.2. The molecule has 0 unspecified atom stereocenters. The molecule has 0 bridgehead atoms. The number of thioether (sulfide) groups is 1. The van der Waals surface area contributed by atoms with Gasteiger partial charge >= 0.3 is 0 Å². The van der Waals surface area contributed by atoms with Crippen molar-refractivity contribution in [3.05, 3.63) is 83.7 Å². The maximum Gasteiger partial charge on any atom is 0.254 e. The minimum absolute atomic E-state index is 0.156. The molecule has 0 aliphatic rings. The van der Waals surface area contributed by atoms with Crippen LogP contribution >= 0.6 is 11.8 Å². The average molecular weight is 399 g/mol. The molecule has 2 heterocycles. The third-order valence-electron chi connectivity index (χ3n) is 3.75. The largest absolute Gasteiger partial charge is 0.467 e. The standard InChI is InChI=1S/C20H18FN3O3S/c21-15-7-5-14(6-8-15)13-28-20-17(4-1-9-22-20)19(26)24-12-18(25)23-11-16-3-2-10-27-16/h1-10H,11-13H2,(H,23,25)(H,24,26). The van der Waals surface area contributed by atoms with Crippen LogP contribution in [-0.4, -0.2) is 23.3 Å². The predicted octanol–water partition coefficient (Wildman–Crippen LogP) is 3.15. The van der Waals surface area contributed by atoms with Gasteiger partial charge in [0.05, 0.1) is 24.9 Å². The number of benzene rings is 1. The molecule has 6 nitrogen and oxygen atoms in total. The average Bonchev–Trinajstić information content (AvgIpc) is 3.24. The van der Waals surface area contributed by atoms with Crippen LogP contribution in [0.2, 0.25) is 0 Å². The number of hydrogen-bond donors (Lipinski definition) is 2. The number of furan rings is 1. The molecule has 3 rings (SSSR count). The van der Waals surface area contributed by atoms with E-state index in [-0.39, 0.29) is 30.7 Å². The van der Waals surface area contributed by atoms with Crippen LogP contribution in [0.1, 0.15) is 21.7 Å². The highest BCUT2D eigenvalue weighted by Crippen LogP contribution is 2.24. The molecule has 2 N–H and O–H groups in total. The molecule has 0 fully saturated rings. The Balaban J connectivity index is 1.53. The maximum absolute atomic E-state index is 13.0. The molecule has 0 aliphatic carbocycles. The van der Waals surface area contributed by atoms with Gasteiger partial charge in [0.15, 0.2) is 0 Å². The van der Waals surface area contributed by atoms with Crippen LogP contribution in [0.4, 0.5) is 4.39 Å². The summed E-state index contributed by atoms with van der Waals surface area (Å²) >= 11 is 1.37. The van der Waals surface area contributed by atoms with E-state index in [1.165, 1.54) is 30.2 Å². The fourth-order valence-corrected chi connectivity index (χ4v) is 3.28. The topological polar surface area (TPSA) is 84.2 Å². The van der Waals surface area contributed by atoms with Crippen LogP contribution in [0.15, 0.2) is 70.4 Å². The number of hydrogen-bond acceptors (Lipinski definition) is 5. The van der Waals surface area contributed by atoms with Crippen molar-refractivity contribution in [1.29, 1.82) is 0 Å². The number of nitrogens with zero attached hydrogens (tertiary/aromatic N) is 1. The Morgan fingerprint density at radius 2 is 1.89 bits per heavy atom. The predicted molar refractivity (Wildman–Crippen MR) is 103 cm³/mol. The second-order valence-electron chi connectivity index (χ2n) is 5.81. The maximum atomic E-state index is 13.0. The van der Waals surface area contributed by atoms with Crippen LogP contribution in [0.3, 0.4) is 0 Å². The zero-order chi connectivity index (χ0) is 19.8. The molecule has 1 aromatic carbocycles. The van der Waals surface area contributed by atoms with Gasteiger partial charge in [-0.2, -0.15) is 0 Å². The molecule has 0 radical (unpaired) electrons. The van der Waals surface area contributed by atoms with Gasteiger partial charge in [-0.15, -0.1) is 11.8 Å². The first-order chi connectivity index (χ1) is 13.6. The van der Waals surface area contributed by atoms with E-state index in [1.54, 1.807) is 42.6 Å². The van der Waals surface area contributed by atoms with Gasteiger partial charge in [0.1, 0.15) is 16.6 Å². The quantitative estimate of drug-likeness (QED) is 0.569. The third-order valence-corrected chi connectivity index (χ3v) is 4.83. The Morgan fingerprint density at radius 1 is 1.07 bits per heavy atom. The molecule has 28 heavy (non-hydrogen) atoms. The molecule has 144 valence electrons. The molecule has 2 aromatic heterocycles. The van der Waals surface area contributed by atoms with E-state index in [2.05, 4.69) is 15.6 Å². The summed E-state index contributed by atoms with van der Waals surface area (Å²) in [5.41, 5.74) is 1.30. The summed E-state index contributed by atoms with van der Waals surface area (Å²) in [6.45, 7) is 0.101. The number of rotatable bonds is 8. The molecule has 3 aromatic rings. The monoisotopic (exact) mass is 399 g/mol. The summed E-state index contributed by atoms with van der Waals surface area (Å²) in [7, 11) is 0. The molecule has 8 heteroatoms. The summed E-state index contributed by atoms with van der Waals surface area (Å²) < 4.78 is 18.1. The normalized spacial score (nSPS) is 10.5. The van der Waals surface area contributed by atoms with E-state index < -0.39 is 0 Å². The van der Waals surface area contributed by atoms with Gasteiger partial charge in [-0.25, -0.2) is 9.37 Å². The van der Waals surface area contributed by atoms with Crippen molar-refractivity contribution < 1.29 is 18.4 Å². The van der Waals surface area contributed by atoms with Crippen molar-refractivity contribution in [3.8, 4) is 0 Å². The first-order valence-electron chi connectivity index (χ1n) is 8.51. The van der Waals surface area contributed by atoms with E-state index in [0.29, 0.717) is 22.1 Å². The molecule has 0 atom stereocenters. The van der Waals surface area contributed by atoms with Gasteiger partial charge in [0.2, 0.25) is 5.91 Å². The van der Waals surface area contributed by atoms with E-state index in [0.717, 1.165) is 5.56 Å². The third kappa shape index (κ3) is 5.68. The van der Waals surface area contributed by atoms with Gasteiger partial charge in [-0.3, -0.25) is 9.59 Å². The lowest BCUT2D eigenvalue weighted by molar-refractivity contribution is -0.120. The van der Waals surface area contributed by atoms with E-state index in [1.807, 2.05) is 0 Å².